The molecule has 0 radical (unpaired) electrons. The summed E-state index contributed by atoms with van der Waals surface area (Å²) < 4.78 is 25.8. The van der Waals surface area contributed by atoms with Gasteiger partial charge in [-0.05, 0) is 37.5 Å². The summed E-state index contributed by atoms with van der Waals surface area (Å²) in [7, 11) is -1.58. The zero-order valence-corrected chi connectivity index (χ0v) is 19.4. The second kappa shape index (κ2) is 9.42. The Morgan fingerprint density at radius 2 is 1.62 bits per heavy atom. The van der Waals surface area contributed by atoms with Crippen LogP contribution in [0.1, 0.15) is 37.8 Å². The molecular formula is C24H30N4O3S. The lowest BCUT2D eigenvalue weighted by atomic mass is 10.00. The number of amides is 1. The number of nitrogens with zero attached hydrogens (tertiary/aromatic N) is 4. The van der Waals surface area contributed by atoms with Crippen molar-refractivity contribution in [2.75, 3.05) is 30.9 Å². The Balaban J connectivity index is 1.49. The monoisotopic (exact) mass is 454 g/mol. The second-order valence-electron chi connectivity index (χ2n) is 8.30. The molecule has 0 aliphatic carbocycles. The van der Waals surface area contributed by atoms with Crippen molar-refractivity contribution in [3.8, 4) is 0 Å². The number of carbonyl (C=O) groups is 1. The maximum atomic E-state index is 13.3. The molecule has 1 saturated heterocycles. The topological polar surface area (TPSA) is 73.3 Å². The highest BCUT2D eigenvalue weighted by Crippen LogP contribution is 2.35. The van der Waals surface area contributed by atoms with Crippen LogP contribution in [0.5, 0.6) is 0 Å². The lowest BCUT2D eigenvalue weighted by Gasteiger charge is -2.36. The minimum absolute atomic E-state index is 0.0316. The Labute approximate surface area is 190 Å². The Bertz CT molecular complexity index is 1060. The Hall–Kier alpha value is -2.71. The van der Waals surface area contributed by atoms with E-state index in [9.17, 15) is 13.2 Å². The highest BCUT2D eigenvalue weighted by Gasteiger charge is 2.36. The molecule has 1 atom stereocenters. The van der Waals surface area contributed by atoms with Gasteiger partial charge in [0.25, 0.3) is 5.91 Å². The van der Waals surface area contributed by atoms with Gasteiger partial charge < -0.3 is 4.90 Å². The summed E-state index contributed by atoms with van der Waals surface area (Å²) in [4.78, 5) is 15.1. The number of hydrogen-bond acceptors (Lipinski definition) is 5. The zero-order valence-electron chi connectivity index (χ0n) is 18.6. The second-order valence-corrected chi connectivity index (χ2v) is 10.6. The van der Waals surface area contributed by atoms with E-state index in [4.69, 9.17) is 5.10 Å². The minimum atomic E-state index is -3.23. The Morgan fingerprint density at radius 3 is 2.22 bits per heavy atom. The average molecular weight is 455 g/mol. The van der Waals surface area contributed by atoms with Crippen molar-refractivity contribution in [1.82, 2.24) is 9.21 Å². The summed E-state index contributed by atoms with van der Waals surface area (Å²) in [5.74, 6) is 0.0409. The van der Waals surface area contributed by atoms with Crippen LogP contribution in [0.3, 0.4) is 0 Å². The van der Waals surface area contributed by atoms with Gasteiger partial charge in [-0.25, -0.2) is 12.7 Å². The predicted octanol–water partition coefficient (Wildman–Crippen LogP) is 3.27. The van der Waals surface area contributed by atoms with Gasteiger partial charge in [0.1, 0.15) is 5.71 Å². The molecule has 0 bridgehead atoms. The fourth-order valence-corrected chi connectivity index (χ4v) is 5.51. The molecule has 2 aromatic rings. The van der Waals surface area contributed by atoms with E-state index in [1.807, 2.05) is 58.4 Å². The van der Waals surface area contributed by atoms with Crippen LogP contribution in [0.4, 0.5) is 5.69 Å². The van der Waals surface area contributed by atoms with Crippen LogP contribution < -0.4 is 5.01 Å². The number of para-hydroxylation sites is 1. The molecule has 1 unspecified atom stereocenters. The third kappa shape index (κ3) is 4.56. The number of piperidine rings is 1. The number of hydrazone groups is 1. The van der Waals surface area contributed by atoms with Crippen molar-refractivity contribution in [3.05, 3.63) is 66.2 Å². The van der Waals surface area contributed by atoms with E-state index in [1.165, 1.54) is 4.31 Å². The van der Waals surface area contributed by atoms with E-state index in [2.05, 4.69) is 12.1 Å². The molecule has 1 fully saturated rings. The quantitative estimate of drug-likeness (QED) is 0.672. The summed E-state index contributed by atoms with van der Waals surface area (Å²) in [6.45, 7) is 2.73. The first kappa shape index (κ1) is 22.5. The highest BCUT2D eigenvalue weighted by atomic mass is 32.2. The standard InChI is InChI=1S/C24H30N4O3S/c1-3-32(30,31)26(2)20-14-16-27(17-15-20)24(29)22-18-23(19-10-6-4-7-11-19)28(25-22)21-12-8-5-9-13-21/h4-13,20,23H,3,14-18H2,1-2H3. The summed E-state index contributed by atoms with van der Waals surface area (Å²) in [6.07, 6.45) is 1.82. The number of anilines is 1. The molecule has 0 N–H and O–H groups in total. The van der Waals surface area contributed by atoms with Crippen LogP contribution in [0.25, 0.3) is 0 Å². The first-order valence-corrected chi connectivity index (χ1v) is 12.7. The molecule has 4 rings (SSSR count). The molecule has 7 nitrogen and oxygen atoms in total. The number of benzene rings is 2. The van der Waals surface area contributed by atoms with Crippen molar-refractivity contribution in [2.45, 2.75) is 38.3 Å². The summed E-state index contributed by atoms with van der Waals surface area (Å²) in [6, 6.07) is 19.9. The lowest BCUT2D eigenvalue weighted by Crippen LogP contribution is -2.48. The maximum Gasteiger partial charge on any atom is 0.270 e. The molecule has 1 amide bonds. The van der Waals surface area contributed by atoms with Gasteiger partial charge in [0.05, 0.1) is 17.5 Å². The van der Waals surface area contributed by atoms with E-state index < -0.39 is 10.0 Å². The van der Waals surface area contributed by atoms with Gasteiger partial charge >= 0.3 is 0 Å². The fraction of sp³-hybridized carbons (Fsp3) is 0.417. The van der Waals surface area contributed by atoms with Crippen molar-refractivity contribution >= 4 is 27.3 Å². The molecule has 2 aromatic carbocycles. The van der Waals surface area contributed by atoms with E-state index in [0.717, 1.165) is 11.3 Å². The smallest absolute Gasteiger partial charge is 0.270 e. The first-order valence-electron chi connectivity index (χ1n) is 11.1. The molecule has 0 saturated carbocycles. The predicted molar refractivity (Wildman–Crippen MR) is 127 cm³/mol. The van der Waals surface area contributed by atoms with Gasteiger partial charge in [-0.3, -0.25) is 9.80 Å². The third-order valence-corrected chi connectivity index (χ3v) is 8.34. The van der Waals surface area contributed by atoms with Crippen LogP contribution in [-0.2, 0) is 14.8 Å². The van der Waals surface area contributed by atoms with E-state index in [0.29, 0.717) is 38.1 Å². The van der Waals surface area contributed by atoms with Crippen molar-refractivity contribution < 1.29 is 13.2 Å². The number of hydrogen-bond donors (Lipinski definition) is 0. The summed E-state index contributed by atoms with van der Waals surface area (Å²) in [5, 5.41) is 6.69. The summed E-state index contributed by atoms with van der Waals surface area (Å²) in [5.41, 5.74) is 2.62. The molecule has 2 aliphatic rings. The minimum Gasteiger partial charge on any atom is -0.337 e. The van der Waals surface area contributed by atoms with Crippen LogP contribution in [-0.4, -0.2) is 61.2 Å². The van der Waals surface area contributed by atoms with Gasteiger partial charge in [-0.15, -0.1) is 0 Å². The molecular weight excluding hydrogens is 424 g/mol. The van der Waals surface area contributed by atoms with Gasteiger partial charge in [-0.1, -0.05) is 48.5 Å². The van der Waals surface area contributed by atoms with Crippen LogP contribution in [0, 0.1) is 0 Å². The van der Waals surface area contributed by atoms with Crippen molar-refractivity contribution in [2.24, 2.45) is 5.10 Å². The molecule has 8 heteroatoms. The molecule has 0 aromatic heterocycles. The van der Waals surface area contributed by atoms with Gasteiger partial charge in [0, 0.05) is 32.6 Å². The van der Waals surface area contributed by atoms with E-state index in [-0.39, 0.29) is 23.7 Å². The van der Waals surface area contributed by atoms with Gasteiger partial charge in [0.2, 0.25) is 10.0 Å². The van der Waals surface area contributed by atoms with Crippen LogP contribution >= 0.6 is 0 Å². The first-order chi connectivity index (χ1) is 15.4. The number of carbonyl (C=O) groups excluding carboxylic acids is 1. The Morgan fingerprint density at radius 1 is 1.03 bits per heavy atom. The zero-order chi connectivity index (χ0) is 22.7. The molecule has 0 spiro atoms. The number of rotatable bonds is 6. The van der Waals surface area contributed by atoms with Gasteiger partial charge in [0.15, 0.2) is 0 Å². The van der Waals surface area contributed by atoms with Crippen LogP contribution in [0.15, 0.2) is 65.8 Å². The van der Waals surface area contributed by atoms with E-state index >= 15 is 0 Å². The van der Waals surface area contributed by atoms with Crippen molar-refractivity contribution in [3.63, 3.8) is 0 Å². The average Bonchev–Trinajstić information content (AvgIpc) is 3.30. The maximum absolute atomic E-state index is 13.3. The van der Waals surface area contributed by atoms with Crippen molar-refractivity contribution in [1.29, 1.82) is 0 Å². The number of sulfonamides is 1. The molecule has 170 valence electrons. The number of likely N-dealkylation sites (tertiary alicyclic amines) is 1. The normalized spacial score (nSPS) is 20.0. The summed E-state index contributed by atoms with van der Waals surface area (Å²) >= 11 is 0. The Kier molecular flexibility index (Phi) is 6.62. The van der Waals surface area contributed by atoms with Gasteiger partial charge in [-0.2, -0.15) is 5.10 Å². The largest absolute Gasteiger partial charge is 0.337 e. The highest BCUT2D eigenvalue weighted by molar-refractivity contribution is 7.89. The van der Waals surface area contributed by atoms with E-state index in [1.54, 1.807) is 14.0 Å². The SMILES string of the molecule is CCS(=O)(=O)N(C)C1CCN(C(=O)C2=NN(c3ccccc3)C(c3ccccc3)C2)CC1. The molecule has 2 aliphatic heterocycles. The lowest BCUT2D eigenvalue weighted by molar-refractivity contribution is -0.125. The van der Waals surface area contributed by atoms with Crippen LogP contribution in [0.2, 0.25) is 0 Å². The molecule has 2 heterocycles. The third-order valence-electron chi connectivity index (χ3n) is 6.43. The fourth-order valence-electron chi connectivity index (χ4n) is 4.44. The molecule has 32 heavy (non-hydrogen) atoms.